The Balaban J connectivity index is 2.56. The van der Waals surface area contributed by atoms with Gasteiger partial charge in [-0.15, -0.1) is 0 Å². The van der Waals surface area contributed by atoms with Gasteiger partial charge < -0.3 is 14.7 Å². The molecule has 0 aliphatic heterocycles. The van der Waals surface area contributed by atoms with Crippen LogP contribution in [0.5, 0.6) is 5.75 Å². The third kappa shape index (κ3) is 4.84. The standard InChI is InChI=1S/C14H20BrNO3/c1-10-7-12(15)8-11(9-17)14(10)19-6-4-5-13(18)16(2)3/h7-8,17H,4-6,9H2,1-3H3. The summed E-state index contributed by atoms with van der Waals surface area (Å²) in [5.74, 6) is 0.807. The van der Waals surface area contributed by atoms with Gasteiger partial charge in [-0.3, -0.25) is 4.79 Å². The molecule has 1 aromatic rings. The zero-order valence-corrected chi connectivity index (χ0v) is 13.2. The number of benzene rings is 1. The van der Waals surface area contributed by atoms with Crippen molar-refractivity contribution in [3.63, 3.8) is 0 Å². The molecular formula is C14H20BrNO3. The van der Waals surface area contributed by atoms with Crippen LogP contribution in [0.3, 0.4) is 0 Å². The van der Waals surface area contributed by atoms with Gasteiger partial charge in [-0.05, 0) is 31.0 Å². The van der Waals surface area contributed by atoms with E-state index < -0.39 is 0 Å². The third-order valence-corrected chi connectivity index (χ3v) is 3.22. The van der Waals surface area contributed by atoms with Gasteiger partial charge in [0.15, 0.2) is 0 Å². The minimum atomic E-state index is -0.0633. The molecule has 0 spiro atoms. The summed E-state index contributed by atoms with van der Waals surface area (Å²) < 4.78 is 6.61. The number of carbonyl (C=O) groups excluding carboxylic acids is 1. The first-order valence-electron chi connectivity index (χ1n) is 6.18. The number of aliphatic hydroxyl groups excluding tert-OH is 1. The van der Waals surface area contributed by atoms with Crippen molar-refractivity contribution in [3.05, 3.63) is 27.7 Å². The maximum absolute atomic E-state index is 11.4. The van der Waals surface area contributed by atoms with Crippen LogP contribution in [0.4, 0.5) is 0 Å². The zero-order valence-electron chi connectivity index (χ0n) is 11.6. The highest BCUT2D eigenvalue weighted by molar-refractivity contribution is 9.10. The highest BCUT2D eigenvalue weighted by Gasteiger charge is 2.09. The third-order valence-electron chi connectivity index (χ3n) is 2.77. The number of hydrogen-bond donors (Lipinski definition) is 1. The van der Waals surface area contributed by atoms with Crippen LogP contribution in [-0.4, -0.2) is 36.6 Å². The molecular weight excluding hydrogens is 310 g/mol. The normalized spacial score (nSPS) is 10.4. The molecule has 0 radical (unpaired) electrons. The van der Waals surface area contributed by atoms with Gasteiger partial charge in [0.1, 0.15) is 5.75 Å². The number of halogens is 1. The quantitative estimate of drug-likeness (QED) is 0.816. The van der Waals surface area contributed by atoms with E-state index in [9.17, 15) is 9.90 Å². The Morgan fingerprint density at radius 3 is 2.68 bits per heavy atom. The van der Waals surface area contributed by atoms with Gasteiger partial charge in [-0.2, -0.15) is 0 Å². The number of aryl methyl sites for hydroxylation is 1. The lowest BCUT2D eigenvalue weighted by Gasteiger charge is -2.14. The lowest BCUT2D eigenvalue weighted by molar-refractivity contribution is -0.128. The number of rotatable bonds is 6. The van der Waals surface area contributed by atoms with E-state index in [1.54, 1.807) is 19.0 Å². The molecule has 4 nitrogen and oxygen atoms in total. The van der Waals surface area contributed by atoms with Gasteiger partial charge in [0.25, 0.3) is 0 Å². The molecule has 0 saturated heterocycles. The summed E-state index contributed by atoms with van der Waals surface area (Å²) in [5, 5.41) is 9.32. The summed E-state index contributed by atoms with van der Waals surface area (Å²) in [6.45, 7) is 2.34. The van der Waals surface area contributed by atoms with Crippen LogP contribution in [-0.2, 0) is 11.4 Å². The molecule has 0 bridgehead atoms. The average Bonchev–Trinajstić information content (AvgIpc) is 2.35. The SMILES string of the molecule is Cc1cc(Br)cc(CO)c1OCCCC(=O)N(C)C. The summed E-state index contributed by atoms with van der Waals surface area (Å²) >= 11 is 3.39. The first-order chi connectivity index (χ1) is 8.95. The van der Waals surface area contributed by atoms with Crippen molar-refractivity contribution in [2.45, 2.75) is 26.4 Å². The molecule has 1 aromatic carbocycles. The summed E-state index contributed by atoms with van der Waals surface area (Å²) in [6, 6.07) is 3.78. The maximum atomic E-state index is 11.4. The molecule has 106 valence electrons. The molecule has 1 N–H and O–H groups in total. The fourth-order valence-electron chi connectivity index (χ4n) is 1.74. The Morgan fingerprint density at radius 2 is 2.11 bits per heavy atom. The summed E-state index contributed by atoms with van der Waals surface area (Å²) in [5.41, 5.74) is 1.73. The molecule has 0 fully saturated rings. The van der Waals surface area contributed by atoms with Crippen LogP contribution in [0, 0.1) is 6.92 Å². The van der Waals surface area contributed by atoms with Crippen molar-refractivity contribution in [3.8, 4) is 5.75 Å². The van der Waals surface area contributed by atoms with E-state index in [0.29, 0.717) is 25.2 Å². The number of aliphatic hydroxyl groups is 1. The molecule has 0 atom stereocenters. The second-order valence-electron chi connectivity index (χ2n) is 4.61. The summed E-state index contributed by atoms with van der Waals surface area (Å²) in [7, 11) is 3.48. The second-order valence-corrected chi connectivity index (χ2v) is 5.52. The van der Waals surface area contributed by atoms with E-state index in [4.69, 9.17) is 4.74 Å². The summed E-state index contributed by atoms with van der Waals surface area (Å²) in [4.78, 5) is 13.0. The van der Waals surface area contributed by atoms with Gasteiger partial charge in [0.2, 0.25) is 5.91 Å². The molecule has 1 amide bonds. The van der Waals surface area contributed by atoms with E-state index >= 15 is 0 Å². The lowest BCUT2D eigenvalue weighted by atomic mass is 10.1. The molecule has 0 unspecified atom stereocenters. The Hall–Kier alpha value is -1.07. The Kier molecular flexibility index (Phi) is 6.31. The second kappa shape index (κ2) is 7.50. The fraction of sp³-hybridized carbons (Fsp3) is 0.500. The zero-order chi connectivity index (χ0) is 14.4. The van der Waals surface area contributed by atoms with Crippen molar-refractivity contribution in [2.24, 2.45) is 0 Å². The first-order valence-corrected chi connectivity index (χ1v) is 6.97. The highest BCUT2D eigenvalue weighted by Crippen LogP contribution is 2.28. The van der Waals surface area contributed by atoms with E-state index in [1.165, 1.54) is 0 Å². The lowest BCUT2D eigenvalue weighted by Crippen LogP contribution is -2.21. The predicted molar refractivity (Wildman–Crippen MR) is 78.2 cm³/mol. The molecule has 0 aromatic heterocycles. The highest BCUT2D eigenvalue weighted by atomic mass is 79.9. The number of carbonyl (C=O) groups is 1. The monoisotopic (exact) mass is 329 g/mol. The molecule has 19 heavy (non-hydrogen) atoms. The number of amides is 1. The Labute approximate surface area is 122 Å². The van der Waals surface area contributed by atoms with Crippen LogP contribution in [0.1, 0.15) is 24.0 Å². The van der Waals surface area contributed by atoms with E-state index in [1.807, 2.05) is 19.1 Å². The van der Waals surface area contributed by atoms with Crippen molar-refractivity contribution >= 4 is 21.8 Å². The predicted octanol–water partition coefficient (Wildman–Crippen LogP) is 2.50. The number of hydrogen-bond acceptors (Lipinski definition) is 3. The maximum Gasteiger partial charge on any atom is 0.222 e. The number of ether oxygens (including phenoxy) is 1. The Morgan fingerprint density at radius 1 is 1.42 bits per heavy atom. The number of nitrogens with zero attached hydrogens (tertiary/aromatic N) is 1. The molecule has 1 rings (SSSR count). The molecule has 0 saturated carbocycles. The molecule has 0 aliphatic rings. The van der Waals surface area contributed by atoms with Gasteiger partial charge >= 0.3 is 0 Å². The molecule has 0 aliphatic carbocycles. The first kappa shape index (κ1) is 16.0. The topological polar surface area (TPSA) is 49.8 Å². The summed E-state index contributed by atoms with van der Waals surface area (Å²) in [6.07, 6.45) is 1.13. The van der Waals surface area contributed by atoms with Crippen molar-refractivity contribution in [1.29, 1.82) is 0 Å². The molecule has 5 heteroatoms. The largest absolute Gasteiger partial charge is 0.493 e. The van der Waals surface area contributed by atoms with Gasteiger partial charge in [0.05, 0.1) is 13.2 Å². The minimum absolute atomic E-state index is 0.0633. The van der Waals surface area contributed by atoms with Crippen molar-refractivity contribution < 1.29 is 14.6 Å². The smallest absolute Gasteiger partial charge is 0.222 e. The van der Waals surface area contributed by atoms with Gasteiger partial charge in [-0.1, -0.05) is 15.9 Å². The van der Waals surface area contributed by atoms with E-state index in [-0.39, 0.29) is 12.5 Å². The van der Waals surface area contributed by atoms with Crippen molar-refractivity contribution in [1.82, 2.24) is 4.90 Å². The Bertz CT molecular complexity index is 447. The van der Waals surface area contributed by atoms with Crippen LogP contribution < -0.4 is 4.74 Å². The van der Waals surface area contributed by atoms with Crippen LogP contribution in [0.2, 0.25) is 0 Å². The fourth-order valence-corrected chi connectivity index (χ4v) is 2.36. The minimum Gasteiger partial charge on any atom is -0.493 e. The van der Waals surface area contributed by atoms with Crippen LogP contribution in [0.25, 0.3) is 0 Å². The van der Waals surface area contributed by atoms with Crippen LogP contribution >= 0.6 is 15.9 Å². The molecule has 0 heterocycles. The van der Waals surface area contributed by atoms with E-state index in [0.717, 1.165) is 15.6 Å². The van der Waals surface area contributed by atoms with Gasteiger partial charge in [-0.25, -0.2) is 0 Å². The van der Waals surface area contributed by atoms with E-state index in [2.05, 4.69) is 15.9 Å². The van der Waals surface area contributed by atoms with Gasteiger partial charge in [0, 0.05) is 30.6 Å². The van der Waals surface area contributed by atoms with Crippen LogP contribution in [0.15, 0.2) is 16.6 Å². The van der Waals surface area contributed by atoms with Crippen molar-refractivity contribution in [2.75, 3.05) is 20.7 Å². The average molecular weight is 330 g/mol.